The summed E-state index contributed by atoms with van der Waals surface area (Å²) in [7, 11) is 3.15. The highest BCUT2D eigenvalue weighted by molar-refractivity contribution is 5.97. The van der Waals surface area contributed by atoms with Gasteiger partial charge in [-0.15, -0.1) is 0 Å². The van der Waals surface area contributed by atoms with Gasteiger partial charge in [0, 0.05) is 19.3 Å². The van der Waals surface area contributed by atoms with E-state index in [0.29, 0.717) is 23.3 Å². The minimum Gasteiger partial charge on any atom is -0.493 e. The van der Waals surface area contributed by atoms with E-state index in [9.17, 15) is 10.1 Å². The minimum atomic E-state index is -0.387. The molecular formula is C22H33N3O3. The van der Waals surface area contributed by atoms with Crippen LogP contribution in [0.5, 0.6) is 11.5 Å². The van der Waals surface area contributed by atoms with E-state index in [1.807, 2.05) is 25.1 Å². The predicted molar refractivity (Wildman–Crippen MR) is 111 cm³/mol. The number of nitrogens with one attached hydrogen (secondary N) is 1. The average molecular weight is 388 g/mol. The highest BCUT2D eigenvalue weighted by Gasteiger charge is 2.17. The van der Waals surface area contributed by atoms with Gasteiger partial charge in [0.2, 0.25) is 0 Å². The first-order chi connectivity index (χ1) is 13.2. The van der Waals surface area contributed by atoms with Gasteiger partial charge in [0.15, 0.2) is 11.5 Å². The van der Waals surface area contributed by atoms with Crippen molar-refractivity contribution < 1.29 is 14.3 Å². The fourth-order valence-electron chi connectivity index (χ4n) is 2.92. The summed E-state index contributed by atoms with van der Waals surface area (Å²) in [4.78, 5) is 14.7. The first kappa shape index (κ1) is 23.4. The van der Waals surface area contributed by atoms with Gasteiger partial charge in [-0.25, -0.2) is 0 Å². The number of amides is 1. The third-order valence-corrected chi connectivity index (χ3v) is 4.13. The maximum Gasteiger partial charge on any atom is 0.263 e. The Bertz CT molecular complexity index is 710. The van der Waals surface area contributed by atoms with Crippen molar-refractivity contribution in [2.45, 2.75) is 40.7 Å². The van der Waals surface area contributed by atoms with Gasteiger partial charge in [-0.3, -0.25) is 4.79 Å². The largest absolute Gasteiger partial charge is 0.493 e. The summed E-state index contributed by atoms with van der Waals surface area (Å²) in [5, 5.41) is 12.4. The summed E-state index contributed by atoms with van der Waals surface area (Å²) >= 11 is 0. The third kappa shape index (κ3) is 7.15. The van der Waals surface area contributed by atoms with Crippen LogP contribution < -0.4 is 14.8 Å². The van der Waals surface area contributed by atoms with Crippen LogP contribution in [0.25, 0.3) is 0 Å². The van der Waals surface area contributed by atoms with Crippen molar-refractivity contribution in [1.82, 2.24) is 10.2 Å². The zero-order valence-corrected chi connectivity index (χ0v) is 18.1. The standard InChI is InChI=1S/C22H33N3O3/c1-15(2)12-25(13-16(3)4)14-19(11-23)22(26)24-17(5)18-8-9-20(27-6)21(10-18)28-7/h8-10,14-17H,12-13H2,1-7H3,(H,24,26)/b19-14-. The number of hydrogen-bond acceptors (Lipinski definition) is 5. The van der Waals surface area contributed by atoms with Gasteiger partial charge in [0.25, 0.3) is 5.91 Å². The molecule has 1 aromatic carbocycles. The fraction of sp³-hybridized carbons (Fsp3) is 0.545. The quantitative estimate of drug-likeness (QED) is 0.487. The lowest BCUT2D eigenvalue weighted by Gasteiger charge is -2.25. The Morgan fingerprint density at radius 3 is 2.14 bits per heavy atom. The van der Waals surface area contributed by atoms with Crippen LogP contribution in [0, 0.1) is 23.2 Å². The maximum absolute atomic E-state index is 12.7. The Kier molecular flexibility index (Phi) is 9.37. The third-order valence-electron chi connectivity index (χ3n) is 4.13. The molecule has 154 valence electrons. The number of ether oxygens (including phenoxy) is 2. The number of hydrogen-bond donors (Lipinski definition) is 1. The van der Waals surface area contributed by atoms with Crippen molar-refractivity contribution in [3.05, 3.63) is 35.5 Å². The summed E-state index contributed by atoms with van der Waals surface area (Å²) < 4.78 is 10.6. The van der Waals surface area contributed by atoms with Crippen molar-refractivity contribution in [1.29, 1.82) is 5.26 Å². The van der Waals surface area contributed by atoms with E-state index in [0.717, 1.165) is 18.7 Å². The lowest BCUT2D eigenvalue weighted by atomic mass is 10.1. The van der Waals surface area contributed by atoms with Gasteiger partial charge >= 0.3 is 0 Å². The number of carbonyl (C=O) groups excluding carboxylic acids is 1. The van der Waals surface area contributed by atoms with Crippen LogP contribution in [0.4, 0.5) is 0 Å². The van der Waals surface area contributed by atoms with E-state index >= 15 is 0 Å². The zero-order chi connectivity index (χ0) is 21.3. The Labute approximate surface area is 169 Å². The highest BCUT2D eigenvalue weighted by atomic mass is 16.5. The number of benzene rings is 1. The summed E-state index contributed by atoms with van der Waals surface area (Å²) in [5.41, 5.74) is 0.970. The number of nitriles is 1. The maximum atomic E-state index is 12.7. The summed E-state index contributed by atoms with van der Waals surface area (Å²) in [6.45, 7) is 11.9. The molecule has 0 saturated carbocycles. The molecule has 0 aliphatic carbocycles. The van der Waals surface area contributed by atoms with Gasteiger partial charge in [0.1, 0.15) is 11.6 Å². The zero-order valence-electron chi connectivity index (χ0n) is 18.1. The highest BCUT2D eigenvalue weighted by Crippen LogP contribution is 2.29. The van der Waals surface area contributed by atoms with Gasteiger partial charge < -0.3 is 19.7 Å². The molecule has 0 bridgehead atoms. The molecule has 1 rings (SSSR count). The molecule has 0 spiro atoms. The Morgan fingerprint density at radius 1 is 1.11 bits per heavy atom. The van der Waals surface area contributed by atoms with Crippen LogP contribution in [0.1, 0.15) is 46.2 Å². The summed E-state index contributed by atoms with van der Waals surface area (Å²) in [5.74, 6) is 1.70. The second kappa shape index (κ2) is 11.2. The van der Waals surface area contributed by atoms with Crippen molar-refractivity contribution in [3.8, 4) is 17.6 Å². The molecule has 28 heavy (non-hydrogen) atoms. The van der Waals surface area contributed by atoms with E-state index in [2.05, 4.69) is 37.9 Å². The van der Waals surface area contributed by atoms with Crippen LogP contribution in [0.2, 0.25) is 0 Å². The molecule has 6 heteroatoms. The normalized spacial score (nSPS) is 12.5. The Hall–Kier alpha value is -2.68. The van der Waals surface area contributed by atoms with Crippen LogP contribution >= 0.6 is 0 Å². The molecule has 0 aliphatic heterocycles. The first-order valence-electron chi connectivity index (χ1n) is 9.60. The molecule has 1 amide bonds. The van der Waals surface area contributed by atoms with Crippen molar-refractivity contribution in [2.24, 2.45) is 11.8 Å². The van der Waals surface area contributed by atoms with E-state index in [4.69, 9.17) is 9.47 Å². The van der Waals surface area contributed by atoms with Crippen molar-refractivity contribution >= 4 is 5.91 Å². The number of methoxy groups -OCH3 is 2. The minimum absolute atomic E-state index is 0.105. The monoisotopic (exact) mass is 387 g/mol. The SMILES string of the molecule is COc1ccc(C(C)NC(=O)/C(C#N)=C\N(CC(C)C)CC(C)C)cc1OC. The topological polar surface area (TPSA) is 74.6 Å². The van der Waals surface area contributed by atoms with E-state index in [-0.39, 0.29) is 17.5 Å². The lowest BCUT2D eigenvalue weighted by molar-refractivity contribution is -0.117. The van der Waals surface area contributed by atoms with E-state index in [1.165, 1.54) is 0 Å². The molecular weight excluding hydrogens is 354 g/mol. The molecule has 1 unspecified atom stereocenters. The number of rotatable bonds is 10. The molecule has 0 saturated heterocycles. The molecule has 0 radical (unpaired) electrons. The smallest absolute Gasteiger partial charge is 0.263 e. The summed E-state index contributed by atoms with van der Waals surface area (Å²) in [6.07, 6.45) is 1.68. The van der Waals surface area contributed by atoms with Crippen LogP contribution in [-0.4, -0.2) is 38.1 Å². The molecule has 6 nitrogen and oxygen atoms in total. The molecule has 1 N–H and O–H groups in total. The number of carbonyl (C=O) groups is 1. The lowest BCUT2D eigenvalue weighted by Crippen LogP contribution is -2.31. The van der Waals surface area contributed by atoms with Crippen molar-refractivity contribution in [3.63, 3.8) is 0 Å². The number of nitrogens with zero attached hydrogens (tertiary/aromatic N) is 2. The van der Waals surface area contributed by atoms with Crippen LogP contribution in [-0.2, 0) is 4.79 Å². The Balaban J connectivity index is 2.96. The molecule has 1 aromatic rings. The summed E-state index contributed by atoms with van der Waals surface area (Å²) in [6, 6.07) is 7.24. The van der Waals surface area contributed by atoms with Crippen molar-refractivity contribution in [2.75, 3.05) is 27.3 Å². The molecule has 0 heterocycles. The molecule has 0 fully saturated rings. The van der Waals surface area contributed by atoms with Gasteiger partial charge in [-0.05, 0) is 36.5 Å². The van der Waals surface area contributed by atoms with E-state index in [1.54, 1.807) is 26.5 Å². The first-order valence-corrected chi connectivity index (χ1v) is 9.60. The average Bonchev–Trinajstić information content (AvgIpc) is 2.64. The Morgan fingerprint density at radius 2 is 1.68 bits per heavy atom. The second-order valence-corrected chi connectivity index (χ2v) is 7.71. The van der Waals surface area contributed by atoms with Crippen LogP contribution in [0.15, 0.2) is 30.0 Å². The van der Waals surface area contributed by atoms with Gasteiger partial charge in [-0.2, -0.15) is 5.26 Å². The van der Waals surface area contributed by atoms with Gasteiger partial charge in [-0.1, -0.05) is 33.8 Å². The molecule has 1 atom stereocenters. The fourth-order valence-corrected chi connectivity index (χ4v) is 2.92. The molecule has 0 aliphatic rings. The van der Waals surface area contributed by atoms with E-state index < -0.39 is 0 Å². The van der Waals surface area contributed by atoms with Crippen LogP contribution in [0.3, 0.4) is 0 Å². The second-order valence-electron chi connectivity index (χ2n) is 7.71. The van der Waals surface area contributed by atoms with Gasteiger partial charge in [0.05, 0.1) is 20.3 Å². The predicted octanol–water partition coefficient (Wildman–Crippen LogP) is 3.90. The molecule has 0 aromatic heterocycles.